The average Bonchev–Trinajstić information content (AvgIpc) is 3.18. The second-order valence-corrected chi connectivity index (χ2v) is 7.12. The molecule has 1 heterocycles. The minimum Gasteiger partial charge on any atom is -0.325 e. The number of hydrogen-bond acceptors (Lipinski definition) is 2. The molecule has 0 radical (unpaired) electrons. The molecule has 0 saturated carbocycles. The van der Waals surface area contributed by atoms with E-state index in [2.05, 4.69) is 10.3 Å². The maximum atomic E-state index is 12.8. The van der Waals surface area contributed by atoms with Crippen molar-refractivity contribution in [2.45, 2.75) is 19.3 Å². The van der Waals surface area contributed by atoms with Gasteiger partial charge in [-0.3, -0.25) is 9.59 Å². The molecule has 1 unspecified atom stereocenters. The van der Waals surface area contributed by atoms with E-state index in [1.807, 2.05) is 54.6 Å². The number of aliphatic imine (C=N–C) groups is 1. The number of amides is 2. The lowest BCUT2D eigenvalue weighted by Crippen LogP contribution is -2.35. The molecule has 0 saturated heterocycles. The maximum absolute atomic E-state index is 12.8. The molecular formula is C23H18N2O2. The lowest BCUT2D eigenvalue weighted by Gasteiger charge is -2.28. The van der Waals surface area contributed by atoms with Gasteiger partial charge in [0.25, 0.3) is 11.8 Å². The fourth-order valence-corrected chi connectivity index (χ4v) is 4.25. The van der Waals surface area contributed by atoms with Crippen molar-refractivity contribution in [3.05, 3.63) is 83.1 Å². The highest BCUT2D eigenvalue weighted by atomic mass is 16.2. The number of allylic oxidation sites excluding steroid dienone is 3. The first kappa shape index (κ1) is 15.9. The first-order chi connectivity index (χ1) is 13.2. The highest BCUT2D eigenvalue weighted by Crippen LogP contribution is 2.39. The van der Waals surface area contributed by atoms with Crippen molar-refractivity contribution in [2.75, 3.05) is 0 Å². The van der Waals surface area contributed by atoms with Gasteiger partial charge in [-0.2, -0.15) is 0 Å². The van der Waals surface area contributed by atoms with E-state index in [0.717, 1.165) is 41.3 Å². The first-order valence-electron chi connectivity index (χ1n) is 9.24. The van der Waals surface area contributed by atoms with Gasteiger partial charge in [-0.25, -0.2) is 4.99 Å². The Morgan fingerprint density at radius 1 is 1.07 bits per heavy atom. The Labute approximate surface area is 157 Å². The van der Waals surface area contributed by atoms with Crippen LogP contribution in [0.3, 0.4) is 0 Å². The van der Waals surface area contributed by atoms with Gasteiger partial charge in [0.2, 0.25) is 0 Å². The van der Waals surface area contributed by atoms with Crippen LogP contribution in [-0.2, 0) is 4.79 Å². The Bertz CT molecular complexity index is 1110. The Hall–Kier alpha value is -3.27. The molecule has 1 aliphatic heterocycles. The van der Waals surface area contributed by atoms with Crippen molar-refractivity contribution in [1.29, 1.82) is 0 Å². The number of nitrogens with one attached hydrogen (secondary N) is 1. The van der Waals surface area contributed by atoms with Gasteiger partial charge in [0.1, 0.15) is 0 Å². The molecule has 132 valence electrons. The molecule has 27 heavy (non-hydrogen) atoms. The van der Waals surface area contributed by atoms with Gasteiger partial charge in [-0.15, -0.1) is 0 Å². The monoisotopic (exact) mass is 354 g/mol. The normalized spacial score (nSPS) is 22.5. The third kappa shape index (κ3) is 2.65. The molecule has 4 nitrogen and oxygen atoms in total. The Morgan fingerprint density at radius 3 is 2.85 bits per heavy atom. The highest BCUT2D eigenvalue weighted by molar-refractivity contribution is 6.17. The fourth-order valence-electron chi connectivity index (χ4n) is 4.25. The summed E-state index contributed by atoms with van der Waals surface area (Å²) in [6.45, 7) is 0. The van der Waals surface area contributed by atoms with Crippen LogP contribution in [0.5, 0.6) is 0 Å². The summed E-state index contributed by atoms with van der Waals surface area (Å²) in [5, 5.41) is 4.89. The molecule has 2 aromatic carbocycles. The van der Waals surface area contributed by atoms with Gasteiger partial charge in [0.05, 0.1) is 5.71 Å². The van der Waals surface area contributed by atoms with E-state index < -0.39 is 0 Å². The predicted molar refractivity (Wildman–Crippen MR) is 105 cm³/mol. The average molecular weight is 354 g/mol. The van der Waals surface area contributed by atoms with Crippen LogP contribution in [0.2, 0.25) is 0 Å². The predicted octanol–water partition coefficient (Wildman–Crippen LogP) is 4.10. The topological polar surface area (TPSA) is 58.5 Å². The van der Waals surface area contributed by atoms with Crippen LogP contribution < -0.4 is 5.32 Å². The summed E-state index contributed by atoms with van der Waals surface area (Å²) in [6.07, 6.45) is 8.63. The summed E-state index contributed by atoms with van der Waals surface area (Å²) in [5.41, 5.74) is 4.15. The van der Waals surface area contributed by atoms with Crippen molar-refractivity contribution in [1.82, 2.24) is 5.32 Å². The first-order valence-corrected chi connectivity index (χ1v) is 9.24. The van der Waals surface area contributed by atoms with Crippen molar-refractivity contribution in [3.8, 4) is 0 Å². The summed E-state index contributed by atoms with van der Waals surface area (Å²) in [7, 11) is 0. The van der Waals surface area contributed by atoms with Crippen LogP contribution in [0.4, 0.5) is 0 Å². The van der Waals surface area contributed by atoms with Gasteiger partial charge in [-0.1, -0.05) is 42.5 Å². The second kappa shape index (κ2) is 6.16. The smallest absolute Gasteiger partial charge is 0.278 e. The summed E-state index contributed by atoms with van der Waals surface area (Å²) in [5.74, 6) is -0.156. The molecule has 0 spiro atoms. The molecule has 0 fully saturated rings. The standard InChI is InChI=1S/C23H18N2O2/c26-22(19-9-3-6-14-5-1-2-7-16(14)19)24-15-11-12-18-17-8-4-10-20(17)23(27)25-21(18)13-15/h1-3,5-7,9,11-13,18H,4,8,10H2,(H,25,27). The molecule has 4 heteroatoms. The van der Waals surface area contributed by atoms with Gasteiger partial charge in [0, 0.05) is 22.8 Å². The summed E-state index contributed by atoms with van der Waals surface area (Å²) >= 11 is 0. The van der Waals surface area contributed by atoms with Gasteiger partial charge in [-0.05, 0) is 53.8 Å². The Balaban J connectivity index is 1.49. The van der Waals surface area contributed by atoms with Crippen molar-refractivity contribution >= 4 is 28.3 Å². The van der Waals surface area contributed by atoms with E-state index in [1.165, 1.54) is 5.57 Å². The number of rotatable bonds is 1. The zero-order chi connectivity index (χ0) is 18.4. The third-order valence-corrected chi connectivity index (χ3v) is 5.52. The molecule has 2 amide bonds. The van der Waals surface area contributed by atoms with E-state index >= 15 is 0 Å². The largest absolute Gasteiger partial charge is 0.325 e. The van der Waals surface area contributed by atoms with E-state index in [4.69, 9.17) is 0 Å². The van der Waals surface area contributed by atoms with E-state index in [9.17, 15) is 9.59 Å². The number of nitrogens with zero attached hydrogens (tertiary/aromatic N) is 1. The zero-order valence-corrected chi connectivity index (χ0v) is 14.7. The Kier molecular flexibility index (Phi) is 3.64. The van der Waals surface area contributed by atoms with Crippen LogP contribution in [0.15, 0.2) is 82.5 Å². The number of benzene rings is 2. The summed E-state index contributed by atoms with van der Waals surface area (Å²) in [4.78, 5) is 29.4. The highest BCUT2D eigenvalue weighted by Gasteiger charge is 2.34. The number of carbonyl (C=O) groups is 2. The quantitative estimate of drug-likeness (QED) is 0.838. The van der Waals surface area contributed by atoms with Crippen molar-refractivity contribution < 1.29 is 9.59 Å². The number of carbonyl (C=O) groups excluding carboxylic acids is 2. The molecule has 2 aromatic rings. The second-order valence-electron chi connectivity index (χ2n) is 7.12. The van der Waals surface area contributed by atoms with Crippen LogP contribution in [-0.4, -0.2) is 17.5 Å². The van der Waals surface area contributed by atoms with E-state index in [-0.39, 0.29) is 17.7 Å². The molecular weight excluding hydrogens is 336 g/mol. The van der Waals surface area contributed by atoms with Crippen LogP contribution in [0.25, 0.3) is 10.8 Å². The van der Waals surface area contributed by atoms with Gasteiger partial charge >= 0.3 is 0 Å². The number of fused-ring (bicyclic) bond motifs is 3. The lowest BCUT2D eigenvalue weighted by molar-refractivity contribution is -0.117. The zero-order valence-electron chi connectivity index (χ0n) is 14.7. The summed E-state index contributed by atoms with van der Waals surface area (Å²) < 4.78 is 0. The van der Waals surface area contributed by atoms with E-state index in [0.29, 0.717) is 11.3 Å². The lowest BCUT2D eigenvalue weighted by atomic mass is 9.85. The van der Waals surface area contributed by atoms with Crippen LogP contribution in [0, 0.1) is 5.92 Å². The molecule has 1 N–H and O–H groups in total. The molecule has 0 bridgehead atoms. The number of hydrogen-bond donors (Lipinski definition) is 1. The van der Waals surface area contributed by atoms with Crippen molar-refractivity contribution in [3.63, 3.8) is 0 Å². The molecule has 3 aliphatic rings. The third-order valence-electron chi connectivity index (χ3n) is 5.52. The minimum atomic E-state index is -0.273. The summed E-state index contributed by atoms with van der Waals surface area (Å²) in [6, 6.07) is 13.4. The molecule has 1 atom stereocenters. The van der Waals surface area contributed by atoms with Gasteiger partial charge < -0.3 is 5.32 Å². The fraction of sp³-hybridized carbons (Fsp3) is 0.174. The van der Waals surface area contributed by atoms with Gasteiger partial charge in [0.15, 0.2) is 0 Å². The van der Waals surface area contributed by atoms with Crippen LogP contribution >= 0.6 is 0 Å². The van der Waals surface area contributed by atoms with Crippen LogP contribution in [0.1, 0.15) is 29.6 Å². The Morgan fingerprint density at radius 2 is 1.93 bits per heavy atom. The molecule has 0 aromatic heterocycles. The van der Waals surface area contributed by atoms with E-state index in [1.54, 1.807) is 6.07 Å². The maximum Gasteiger partial charge on any atom is 0.278 e. The van der Waals surface area contributed by atoms with Crippen molar-refractivity contribution in [2.24, 2.45) is 10.9 Å². The molecule has 2 aliphatic carbocycles. The molecule has 5 rings (SSSR count). The minimum absolute atomic E-state index is 0.0000277. The SMILES string of the molecule is O=C1NC2=CC(=NC(=O)c3cccc4ccccc34)C=CC2C2=C1CCC2.